The largest absolute Gasteiger partial charge is 0.381 e. The van der Waals surface area contributed by atoms with Gasteiger partial charge in [-0.1, -0.05) is 6.07 Å². The Bertz CT molecular complexity index is 733. The van der Waals surface area contributed by atoms with Crippen LogP contribution in [0.2, 0.25) is 0 Å². The summed E-state index contributed by atoms with van der Waals surface area (Å²) in [7, 11) is 1.91. The molecule has 1 N–H and O–H groups in total. The van der Waals surface area contributed by atoms with Crippen LogP contribution in [-0.4, -0.2) is 65.4 Å². The van der Waals surface area contributed by atoms with Crippen molar-refractivity contribution in [2.75, 3.05) is 38.3 Å². The minimum absolute atomic E-state index is 0.0527. The number of hydrogen-bond acceptors (Lipinski definition) is 5. The maximum absolute atomic E-state index is 13.0. The number of pyridine rings is 1. The second kappa shape index (κ2) is 7.45. The van der Waals surface area contributed by atoms with E-state index in [0.29, 0.717) is 12.2 Å². The Hall–Kier alpha value is -2.41. The zero-order valence-electron chi connectivity index (χ0n) is 15.1. The lowest BCUT2D eigenvalue weighted by atomic mass is 9.99. The summed E-state index contributed by atoms with van der Waals surface area (Å²) in [5, 5.41) is 7.14. The van der Waals surface area contributed by atoms with Crippen LogP contribution in [0.1, 0.15) is 41.2 Å². The van der Waals surface area contributed by atoms with Crippen LogP contribution < -0.4 is 4.90 Å². The average molecular weight is 355 g/mol. The third-order valence-corrected chi connectivity index (χ3v) is 5.54. The van der Waals surface area contributed by atoms with Gasteiger partial charge in [0, 0.05) is 44.9 Å². The first-order valence-electron chi connectivity index (χ1n) is 9.28. The molecule has 0 spiro atoms. The van der Waals surface area contributed by atoms with E-state index < -0.39 is 0 Å². The van der Waals surface area contributed by atoms with Crippen LogP contribution in [0, 0.1) is 0 Å². The molecule has 2 aliphatic rings. The molecule has 1 atom stereocenters. The fourth-order valence-corrected chi connectivity index (χ4v) is 3.92. The van der Waals surface area contributed by atoms with E-state index in [1.54, 1.807) is 6.20 Å². The van der Waals surface area contributed by atoms with Crippen molar-refractivity contribution in [3.05, 3.63) is 41.9 Å². The Kier molecular flexibility index (Phi) is 4.88. The molecule has 4 heterocycles. The first-order chi connectivity index (χ1) is 12.7. The number of nitrogens with zero attached hydrogens (tertiary/aromatic N) is 4. The number of aromatic amines is 1. The van der Waals surface area contributed by atoms with E-state index in [9.17, 15) is 4.79 Å². The molecule has 7 heteroatoms. The number of aromatic nitrogens is 3. The number of carbonyl (C=O) groups is 1. The molecule has 138 valence electrons. The van der Waals surface area contributed by atoms with Crippen LogP contribution >= 0.6 is 0 Å². The number of amides is 1. The lowest BCUT2D eigenvalue weighted by Crippen LogP contribution is -2.46. The van der Waals surface area contributed by atoms with Crippen LogP contribution in [-0.2, 0) is 4.74 Å². The van der Waals surface area contributed by atoms with Gasteiger partial charge in [-0.15, -0.1) is 0 Å². The second-order valence-corrected chi connectivity index (χ2v) is 7.08. The summed E-state index contributed by atoms with van der Waals surface area (Å²) in [6, 6.07) is 6.22. The lowest BCUT2D eigenvalue weighted by molar-refractivity contribution is 0.0707. The van der Waals surface area contributed by atoms with Gasteiger partial charge < -0.3 is 14.5 Å². The van der Waals surface area contributed by atoms with Crippen LogP contribution in [0.5, 0.6) is 0 Å². The Morgan fingerprint density at radius 3 is 2.85 bits per heavy atom. The average Bonchev–Trinajstić information content (AvgIpc) is 3.39. The highest BCUT2D eigenvalue weighted by atomic mass is 16.5. The molecule has 4 rings (SSSR count). The Morgan fingerprint density at radius 1 is 1.31 bits per heavy atom. The van der Waals surface area contributed by atoms with Crippen molar-refractivity contribution < 1.29 is 9.53 Å². The highest BCUT2D eigenvalue weighted by Crippen LogP contribution is 2.28. The quantitative estimate of drug-likeness (QED) is 0.909. The van der Waals surface area contributed by atoms with Gasteiger partial charge in [0.1, 0.15) is 5.82 Å². The summed E-state index contributed by atoms with van der Waals surface area (Å²) in [6.07, 6.45) is 6.31. The van der Waals surface area contributed by atoms with Gasteiger partial charge in [0.15, 0.2) is 0 Å². The Balaban J connectivity index is 1.40. The number of nitrogens with one attached hydrogen (secondary N) is 1. The maximum atomic E-state index is 13.0. The van der Waals surface area contributed by atoms with E-state index in [0.717, 1.165) is 50.5 Å². The zero-order valence-corrected chi connectivity index (χ0v) is 15.1. The first kappa shape index (κ1) is 17.0. The minimum Gasteiger partial charge on any atom is -0.381 e. The normalized spacial score (nSPS) is 21.1. The SMILES string of the molecule is CN(C(=O)c1cn[nH]c1C1CCOC1)C1CCN(c2ccccn2)CC1. The third kappa shape index (κ3) is 3.31. The van der Waals surface area contributed by atoms with E-state index in [-0.39, 0.29) is 17.9 Å². The molecule has 26 heavy (non-hydrogen) atoms. The third-order valence-electron chi connectivity index (χ3n) is 5.54. The number of hydrogen-bond donors (Lipinski definition) is 1. The van der Waals surface area contributed by atoms with Crippen LogP contribution in [0.4, 0.5) is 5.82 Å². The number of anilines is 1. The van der Waals surface area contributed by atoms with Crippen LogP contribution in [0.15, 0.2) is 30.6 Å². The molecule has 2 aromatic heterocycles. The molecule has 2 aromatic rings. The number of ether oxygens (including phenoxy) is 1. The Labute approximate surface area is 153 Å². The summed E-state index contributed by atoms with van der Waals surface area (Å²) in [5.74, 6) is 1.31. The van der Waals surface area contributed by atoms with Gasteiger partial charge in [0.2, 0.25) is 0 Å². The van der Waals surface area contributed by atoms with Gasteiger partial charge in [-0.3, -0.25) is 9.89 Å². The smallest absolute Gasteiger partial charge is 0.257 e. The zero-order chi connectivity index (χ0) is 17.9. The molecule has 2 saturated heterocycles. The summed E-state index contributed by atoms with van der Waals surface area (Å²) < 4.78 is 5.46. The predicted molar refractivity (Wildman–Crippen MR) is 98.3 cm³/mol. The molecule has 0 radical (unpaired) electrons. The predicted octanol–water partition coefficient (Wildman–Crippen LogP) is 2.05. The molecule has 1 amide bonds. The van der Waals surface area contributed by atoms with E-state index in [4.69, 9.17) is 4.74 Å². The summed E-state index contributed by atoms with van der Waals surface area (Å²) in [4.78, 5) is 21.6. The van der Waals surface area contributed by atoms with Crippen LogP contribution in [0.25, 0.3) is 0 Å². The molecular formula is C19H25N5O2. The fourth-order valence-electron chi connectivity index (χ4n) is 3.92. The molecule has 0 aliphatic carbocycles. The van der Waals surface area contributed by atoms with Gasteiger partial charge in [0.25, 0.3) is 5.91 Å². The van der Waals surface area contributed by atoms with E-state index >= 15 is 0 Å². The van der Waals surface area contributed by atoms with Crippen molar-refractivity contribution in [3.8, 4) is 0 Å². The molecular weight excluding hydrogens is 330 g/mol. The fraction of sp³-hybridized carbons (Fsp3) is 0.526. The topological polar surface area (TPSA) is 74.3 Å². The van der Waals surface area contributed by atoms with Crippen molar-refractivity contribution in [2.45, 2.75) is 31.2 Å². The second-order valence-electron chi connectivity index (χ2n) is 7.08. The van der Waals surface area contributed by atoms with Crippen molar-refractivity contribution in [1.82, 2.24) is 20.1 Å². The van der Waals surface area contributed by atoms with Gasteiger partial charge in [-0.05, 0) is 31.4 Å². The number of H-pyrrole nitrogens is 1. The van der Waals surface area contributed by atoms with E-state index in [2.05, 4.69) is 20.1 Å². The number of carbonyl (C=O) groups excluding carboxylic acids is 1. The lowest BCUT2D eigenvalue weighted by Gasteiger charge is -2.37. The van der Waals surface area contributed by atoms with Crippen molar-refractivity contribution in [1.29, 1.82) is 0 Å². The van der Waals surface area contributed by atoms with Gasteiger partial charge in [0.05, 0.1) is 24.1 Å². The molecule has 2 aliphatic heterocycles. The summed E-state index contributed by atoms with van der Waals surface area (Å²) in [5.41, 5.74) is 1.61. The van der Waals surface area contributed by atoms with Gasteiger partial charge in [-0.2, -0.15) is 5.10 Å². The van der Waals surface area contributed by atoms with Gasteiger partial charge >= 0.3 is 0 Å². The van der Waals surface area contributed by atoms with Crippen molar-refractivity contribution in [2.24, 2.45) is 0 Å². The highest BCUT2D eigenvalue weighted by molar-refractivity contribution is 5.95. The molecule has 0 aromatic carbocycles. The molecule has 7 nitrogen and oxygen atoms in total. The van der Waals surface area contributed by atoms with E-state index in [1.807, 2.05) is 36.3 Å². The van der Waals surface area contributed by atoms with Gasteiger partial charge in [-0.25, -0.2) is 4.98 Å². The van der Waals surface area contributed by atoms with Crippen molar-refractivity contribution in [3.63, 3.8) is 0 Å². The molecule has 1 unspecified atom stereocenters. The summed E-state index contributed by atoms with van der Waals surface area (Å²) in [6.45, 7) is 3.23. The number of piperidine rings is 1. The monoisotopic (exact) mass is 355 g/mol. The van der Waals surface area contributed by atoms with E-state index in [1.165, 1.54) is 0 Å². The minimum atomic E-state index is 0.0527. The molecule has 0 saturated carbocycles. The highest BCUT2D eigenvalue weighted by Gasteiger charge is 2.30. The maximum Gasteiger partial charge on any atom is 0.257 e. The molecule has 0 bridgehead atoms. The Morgan fingerprint density at radius 2 is 2.15 bits per heavy atom. The number of rotatable bonds is 4. The van der Waals surface area contributed by atoms with Crippen molar-refractivity contribution >= 4 is 11.7 Å². The van der Waals surface area contributed by atoms with Crippen LogP contribution in [0.3, 0.4) is 0 Å². The standard InChI is InChI=1S/C19H25N5O2/c1-23(15-5-9-24(10-6-15)17-4-2-3-8-20-17)19(25)16-12-21-22-18(16)14-7-11-26-13-14/h2-4,8,12,14-15H,5-7,9-11,13H2,1H3,(H,21,22). The first-order valence-corrected chi connectivity index (χ1v) is 9.28. The summed E-state index contributed by atoms with van der Waals surface area (Å²) >= 11 is 0. The molecule has 2 fully saturated rings.